The van der Waals surface area contributed by atoms with Crippen LogP contribution in [-0.4, -0.2) is 10.9 Å². The molecule has 0 saturated carbocycles. The molecular weight excluding hydrogens is 257 g/mol. The zero-order chi connectivity index (χ0) is 13.1. The summed E-state index contributed by atoms with van der Waals surface area (Å²) < 4.78 is 13.0. The molecule has 1 amide bonds. The summed E-state index contributed by atoms with van der Waals surface area (Å²) in [7, 11) is 0. The van der Waals surface area contributed by atoms with E-state index < -0.39 is 11.7 Å². The topological polar surface area (TPSA) is 88.0 Å². The van der Waals surface area contributed by atoms with E-state index in [1.54, 1.807) is 5.38 Å². The van der Waals surface area contributed by atoms with Gasteiger partial charge in [0.1, 0.15) is 5.82 Å². The molecule has 18 heavy (non-hydrogen) atoms. The third kappa shape index (κ3) is 2.95. The van der Waals surface area contributed by atoms with Crippen LogP contribution in [0.5, 0.6) is 0 Å². The van der Waals surface area contributed by atoms with Gasteiger partial charge in [-0.05, 0) is 18.2 Å². The first kappa shape index (κ1) is 12.3. The largest absolute Gasteiger partial charge is 0.399 e. The van der Waals surface area contributed by atoms with Crippen molar-refractivity contribution in [3.63, 3.8) is 0 Å². The summed E-state index contributed by atoms with van der Waals surface area (Å²) in [6.07, 6.45) is 0. The number of hydrogen-bond acceptors (Lipinski definition) is 4. The molecule has 1 heterocycles. The number of hydrogen-bond donors (Lipinski definition) is 3. The fourth-order valence-corrected chi connectivity index (χ4v) is 2.00. The summed E-state index contributed by atoms with van der Waals surface area (Å²) in [6.45, 7) is 0.175. The highest BCUT2D eigenvalue weighted by atomic mass is 32.1. The maximum absolute atomic E-state index is 13.0. The lowest BCUT2D eigenvalue weighted by molar-refractivity contribution is 0.0950. The second-order valence-electron chi connectivity index (χ2n) is 3.63. The highest BCUT2D eigenvalue weighted by Gasteiger charge is 2.08. The second-order valence-corrected chi connectivity index (χ2v) is 4.47. The van der Waals surface area contributed by atoms with E-state index in [9.17, 15) is 14.0 Å². The molecule has 0 radical (unpaired) electrons. The van der Waals surface area contributed by atoms with Gasteiger partial charge in [0.15, 0.2) is 0 Å². The number of H-pyrrole nitrogens is 1. The Kier molecular flexibility index (Phi) is 3.42. The molecule has 0 fully saturated rings. The molecule has 0 saturated heterocycles. The van der Waals surface area contributed by atoms with Crippen molar-refractivity contribution in [2.45, 2.75) is 6.54 Å². The van der Waals surface area contributed by atoms with Gasteiger partial charge >= 0.3 is 4.87 Å². The number of thiazole rings is 1. The minimum atomic E-state index is -0.566. The number of benzene rings is 1. The average Bonchev–Trinajstić information content (AvgIpc) is 2.70. The number of anilines is 1. The molecule has 5 nitrogen and oxygen atoms in total. The number of nitrogens with two attached hydrogens (primary N) is 1. The third-order valence-corrected chi connectivity index (χ3v) is 2.91. The van der Waals surface area contributed by atoms with Gasteiger partial charge in [-0.3, -0.25) is 9.59 Å². The standard InChI is InChI=1S/C11H10FN3O2S/c12-7-1-6(2-8(13)3-7)10(16)14-4-9-5-18-11(17)15-9/h1-3,5H,4,13H2,(H,14,16)(H,15,17). The van der Waals surface area contributed by atoms with Crippen LogP contribution >= 0.6 is 11.3 Å². The lowest BCUT2D eigenvalue weighted by Crippen LogP contribution is -2.23. The van der Waals surface area contributed by atoms with E-state index in [4.69, 9.17) is 5.73 Å². The van der Waals surface area contributed by atoms with Gasteiger partial charge in [-0.25, -0.2) is 4.39 Å². The number of rotatable bonds is 3. The van der Waals surface area contributed by atoms with Crippen LogP contribution < -0.4 is 15.9 Å². The number of carbonyl (C=O) groups is 1. The van der Waals surface area contributed by atoms with Crippen molar-refractivity contribution in [1.29, 1.82) is 0 Å². The van der Waals surface area contributed by atoms with Crippen LogP contribution in [0.1, 0.15) is 16.1 Å². The highest BCUT2D eigenvalue weighted by molar-refractivity contribution is 7.07. The maximum Gasteiger partial charge on any atom is 0.304 e. The van der Waals surface area contributed by atoms with Crippen molar-refractivity contribution in [2.24, 2.45) is 0 Å². The van der Waals surface area contributed by atoms with Gasteiger partial charge in [-0.1, -0.05) is 11.3 Å². The molecule has 7 heteroatoms. The van der Waals surface area contributed by atoms with Gasteiger partial charge in [0, 0.05) is 22.3 Å². The predicted molar refractivity (Wildman–Crippen MR) is 66.9 cm³/mol. The van der Waals surface area contributed by atoms with Crippen LogP contribution in [0.4, 0.5) is 10.1 Å². The van der Waals surface area contributed by atoms with Gasteiger partial charge in [0.2, 0.25) is 0 Å². The van der Waals surface area contributed by atoms with Crippen molar-refractivity contribution in [3.05, 3.63) is 50.3 Å². The molecule has 4 N–H and O–H groups in total. The monoisotopic (exact) mass is 267 g/mol. The van der Waals surface area contributed by atoms with E-state index in [0.717, 1.165) is 23.5 Å². The minimum absolute atomic E-state index is 0.144. The molecule has 0 aliphatic carbocycles. The van der Waals surface area contributed by atoms with Crippen LogP contribution in [0.15, 0.2) is 28.4 Å². The summed E-state index contributed by atoms with van der Waals surface area (Å²) in [5.74, 6) is -1.02. The Balaban J connectivity index is 2.05. The molecule has 2 rings (SSSR count). The second kappa shape index (κ2) is 5.01. The quantitative estimate of drug-likeness (QED) is 0.727. The van der Waals surface area contributed by atoms with E-state index in [1.807, 2.05) is 0 Å². The Labute approximate surface area is 105 Å². The molecule has 1 aromatic carbocycles. The summed E-state index contributed by atoms with van der Waals surface area (Å²) in [4.78, 5) is 25.0. The van der Waals surface area contributed by atoms with Crippen LogP contribution in [0.3, 0.4) is 0 Å². The first-order chi connectivity index (χ1) is 8.54. The summed E-state index contributed by atoms with van der Waals surface area (Å²) in [5, 5.41) is 4.17. The van der Waals surface area contributed by atoms with Gasteiger partial charge in [0.05, 0.1) is 6.54 Å². The van der Waals surface area contributed by atoms with Crippen LogP contribution in [-0.2, 0) is 6.54 Å². The summed E-state index contributed by atoms with van der Waals surface area (Å²) >= 11 is 1.01. The Bertz CT molecular complexity index is 615. The number of carbonyl (C=O) groups excluding carboxylic acids is 1. The first-order valence-corrected chi connectivity index (χ1v) is 5.93. The summed E-state index contributed by atoms with van der Waals surface area (Å²) in [5.41, 5.74) is 6.37. The molecule has 2 aromatic rings. The van der Waals surface area contributed by atoms with Crippen LogP contribution in [0.25, 0.3) is 0 Å². The SMILES string of the molecule is Nc1cc(F)cc(C(=O)NCc2csc(=O)[nH]2)c1. The molecule has 1 aromatic heterocycles. The fraction of sp³-hybridized carbons (Fsp3) is 0.0909. The van der Waals surface area contributed by atoms with E-state index in [2.05, 4.69) is 10.3 Å². The van der Waals surface area contributed by atoms with E-state index in [0.29, 0.717) is 5.69 Å². The third-order valence-electron chi connectivity index (χ3n) is 2.19. The normalized spacial score (nSPS) is 10.3. The number of aromatic nitrogens is 1. The predicted octanol–water partition coefficient (Wildman–Crippen LogP) is 1.09. The molecule has 0 unspecified atom stereocenters. The van der Waals surface area contributed by atoms with Gasteiger partial charge in [0.25, 0.3) is 5.91 Å². The number of nitrogens with one attached hydrogen (secondary N) is 2. The van der Waals surface area contributed by atoms with E-state index in [-0.39, 0.29) is 22.7 Å². The number of halogens is 1. The zero-order valence-corrected chi connectivity index (χ0v) is 10.0. The van der Waals surface area contributed by atoms with E-state index in [1.165, 1.54) is 6.07 Å². The Hall–Kier alpha value is -2.15. The van der Waals surface area contributed by atoms with Gasteiger partial charge in [-0.15, -0.1) is 0 Å². The van der Waals surface area contributed by atoms with E-state index >= 15 is 0 Å². The first-order valence-electron chi connectivity index (χ1n) is 5.05. The lowest BCUT2D eigenvalue weighted by Gasteiger charge is -2.04. The molecular formula is C11H10FN3O2S. The zero-order valence-electron chi connectivity index (χ0n) is 9.20. The van der Waals surface area contributed by atoms with Crippen LogP contribution in [0, 0.1) is 5.82 Å². The smallest absolute Gasteiger partial charge is 0.304 e. The average molecular weight is 267 g/mol. The Morgan fingerprint density at radius 2 is 2.22 bits per heavy atom. The van der Waals surface area contributed by atoms with Crippen molar-refractivity contribution >= 4 is 22.9 Å². The van der Waals surface area contributed by atoms with Gasteiger partial charge in [-0.2, -0.15) is 0 Å². The molecule has 0 aliphatic heterocycles. The van der Waals surface area contributed by atoms with Crippen molar-refractivity contribution < 1.29 is 9.18 Å². The summed E-state index contributed by atoms with van der Waals surface area (Å²) in [6, 6.07) is 3.62. The number of aromatic amines is 1. The Morgan fingerprint density at radius 1 is 1.44 bits per heavy atom. The van der Waals surface area contributed by atoms with Gasteiger partial charge < -0.3 is 16.0 Å². The van der Waals surface area contributed by atoms with Crippen molar-refractivity contribution in [2.75, 3.05) is 5.73 Å². The molecule has 0 aliphatic rings. The van der Waals surface area contributed by atoms with Crippen molar-refractivity contribution in [3.8, 4) is 0 Å². The molecule has 0 bridgehead atoms. The Morgan fingerprint density at radius 3 is 2.83 bits per heavy atom. The van der Waals surface area contributed by atoms with Crippen LogP contribution in [0.2, 0.25) is 0 Å². The molecule has 94 valence electrons. The minimum Gasteiger partial charge on any atom is -0.399 e. The molecule has 0 spiro atoms. The number of nitrogen functional groups attached to an aromatic ring is 1. The fourth-order valence-electron chi connectivity index (χ4n) is 1.42. The highest BCUT2D eigenvalue weighted by Crippen LogP contribution is 2.10. The number of amides is 1. The molecule has 0 atom stereocenters. The lowest BCUT2D eigenvalue weighted by atomic mass is 10.2. The maximum atomic E-state index is 13.0. The van der Waals surface area contributed by atoms with Crippen molar-refractivity contribution in [1.82, 2.24) is 10.3 Å².